The molecular formula is C14H29N3. The number of hydrogen-bond acceptors (Lipinski definition) is 3. The lowest BCUT2D eigenvalue weighted by Crippen LogP contribution is -2.37. The van der Waals surface area contributed by atoms with Gasteiger partial charge in [-0.25, -0.2) is 0 Å². The summed E-state index contributed by atoms with van der Waals surface area (Å²) < 4.78 is 0. The highest BCUT2D eigenvalue weighted by molar-refractivity contribution is 4.89. The fourth-order valence-electron chi connectivity index (χ4n) is 3.32. The molecule has 0 amide bonds. The van der Waals surface area contributed by atoms with Crippen LogP contribution in [-0.2, 0) is 0 Å². The molecule has 0 radical (unpaired) electrons. The van der Waals surface area contributed by atoms with Gasteiger partial charge in [0.05, 0.1) is 0 Å². The molecule has 0 bridgehead atoms. The van der Waals surface area contributed by atoms with Crippen molar-refractivity contribution in [2.24, 2.45) is 11.3 Å². The fraction of sp³-hybridized carbons (Fsp3) is 1.00. The van der Waals surface area contributed by atoms with E-state index in [4.69, 9.17) is 0 Å². The molecule has 2 aliphatic heterocycles. The minimum Gasteiger partial charge on any atom is -0.316 e. The first-order valence-corrected chi connectivity index (χ1v) is 7.23. The molecule has 0 aromatic heterocycles. The normalized spacial score (nSPS) is 34.9. The van der Waals surface area contributed by atoms with E-state index in [9.17, 15) is 0 Å². The summed E-state index contributed by atoms with van der Waals surface area (Å²) in [5.41, 5.74) is 0.533. The van der Waals surface area contributed by atoms with Crippen LogP contribution in [0.3, 0.4) is 0 Å². The summed E-state index contributed by atoms with van der Waals surface area (Å²) in [6.07, 6.45) is 2.75. The maximum Gasteiger partial charge on any atom is 0.00481 e. The second-order valence-corrected chi connectivity index (χ2v) is 6.48. The molecule has 2 saturated heterocycles. The summed E-state index contributed by atoms with van der Waals surface area (Å²) in [7, 11) is 2.24. The SMILES string of the molecule is CCN(C)CC1CCN(CC2(C)CCNC2)C1. The first-order valence-electron chi connectivity index (χ1n) is 7.23. The summed E-state index contributed by atoms with van der Waals surface area (Å²) in [5, 5.41) is 3.50. The van der Waals surface area contributed by atoms with Crippen LogP contribution in [0.15, 0.2) is 0 Å². The Hall–Kier alpha value is -0.120. The quantitative estimate of drug-likeness (QED) is 0.779. The maximum atomic E-state index is 3.50. The highest BCUT2D eigenvalue weighted by atomic mass is 15.2. The predicted octanol–water partition coefficient (Wildman–Crippen LogP) is 1.26. The van der Waals surface area contributed by atoms with Gasteiger partial charge >= 0.3 is 0 Å². The minimum atomic E-state index is 0.533. The van der Waals surface area contributed by atoms with E-state index in [-0.39, 0.29) is 0 Å². The molecule has 0 aromatic rings. The van der Waals surface area contributed by atoms with Crippen molar-refractivity contribution in [2.45, 2.75) is 26.7 Å². The molecule has 2 heterocycles. The zero-order chi connectivity index (χ0) is 12.3. The van der Waals surface area contributed by atoms with Crippen LogP contribution in [0.5, 0.6) is 0 Å². The number of likely N-dealkylation sites (tertiary alicyclic amines) is 1. The van der Waals surface area contributed by atoms with Gasteiger partial charge in [-0.1, -0.05) is 13.8 Å². The highest BCUT2D eigenvalue weighted by Gasteiger charge is 2.33. The van der Waals surface area contributed by atoms with E-state index in [0.29, 0.717) is 5.41 Å². The van der Waals surface area contributed by atoms with E-state index >= 15 is 0 Å². The Morgan fingerprint density at radius 1 is 1.47 bits per heavy atom. The number of rotatable bonds is 5. The molecule has 17 heavy (non-hydrogen) atoms. The summed E-state index contributed by atoms with van der Waals surface area (Å²) in [6.45, 7) is 13.5. The van der Waals surface area contributed by atoms with Gasteiger partial charge in [-0.05, 0) is 50.9 Å². The smallest absolute Gasteiger partial charge is 0.00481 e. The van der Waals surface area contributed by atoms with Crippen molar-refractivity contribution < 1.29 is 0 Å². The Kier molecular flexibility index (Phi) is 4.45. The molecule has 3 nitrogen and oxygen atoms in total. The summed E-state index contributed by atoms with van der Waals surface area (Å²) in [4.78, 5) is 5.15. The van der Waals surface area contributed by atoms with Gasteiger partial charge in [-0.2, -0.15) is 0 Å². The van der Waals surface area contributed by atoms with E-state index in [1.165, 1.54) is 58.7 Å². The summed E-state index contributed by atoms with van der Waals surface area (Å²) in [6, 6.07) is 0. The summed E-state index contributed by atoms with van der Waals surface area (Å²) in [5.74, 6) is 0.901. The van der Waals surface area contributed by atoms with Crippen LogP contribution in [0.4, 0.5) is 0 Å². The fourth-order valence-corrected chi connectivity index (χ4v) is 3.32. The molecule has 2 aliphatic rings. The van der Waals surface area contributed by atoms with Gasteiger partial charge in [-0.15, -0.1) is 0 Å². The largest absolute Gasteiger partial charge is 0.316 e. The predicted molar refractivity (Wildman–Crippen MR) is 73.3 cm³/mol. The Bertz CT molecular complexity index is 236. The Morgan fingerprint density at radius 3 is 2.94 bits per heavy atom. The van der Waals surface area contributed by atoms with E-state index in [2.05, 4.69) is 36.0 Å². The Morgan fingerprint density at radius 2 is 2.29 bits per heavy atom. The maximum absolute atomic E-state index is 3.50. The van der Waals surface area contributed by atoms with Crippen molar-refractivity contribution in [2.75, 3.05) is 52.9 Å². The van der Waals surface area contributed by atoms with Crippen molar-refractivity contribution >= 4 is 0 Å². The van der Waals surface area contributed by atoms with Crippen molar-refractivity contribution in [3.63, 3.8) is 0 Å². The van der Waals surface area contributed by atoms with Crippen LogP contribution in [0.25, 0.3) is 0 Å². The molecular weight excluding hydrogens is 210 g/mol. The second-order valence-electron chi connectivity index (χ2n) is 6.48. The van der Waals surface area contributed by atoms with Crippen LogP contribution < -0.4 is 5.32 Å². The number of nitrogens with one attached hydrogen (secondary N) is 1. The van der Waals surface area contributed by atoms with Gasteiger partial charge in [0.2, 0.25) is 0 Å². The molecule has 0 spiro atoms. The van der Waals surface area contributed by atoms with Crippen molar-refractivity contribution in [1.82, 2.24) is 15.1 Å². The molecule has 0 saturated carbocycles. The average molecular weight is 239 g/mol. The minimum absolute atomic E-state index is 0.533. The molecule has 3 heteroatoms. The van der Waals surface area contributed by atoms with Crippen molar-refractivity contribution in [1.29, 1.82) is 0 Å². The number of hydrogen-bond donors (Lipinski definition) is 1. The lowest BCUT2D eigenvalue weighted by atomic mass is 9.89. The van der Waals surface area contributed by atoms with E-state index in [0.717, 1.165) is 5.92 Å². The van der Waals surface area contributed by atoms with E-state index in [1.54, 1.807) is 0 Å². The van der Waals surface area contributed by atoms with E-state index in [1.807, 2.05) is 0 Å². The van der Waals surface area contributed by atoms with Crippen LogP contribution in [0, 0.1) is 11.3 Å². The van der Waals surface area contributed by atoms with Gasteiger partial charge < -0.3 is 15.1 Å². The molecule has 2 unspecified atom stereocenters. The van der Waals surface area contributed by atoms with E-state index < -0.39 is 0 Å². The molecule has 2 fully saturated rings. The van der Waals surface area contributed by atoms with Gasteiger partial charge in [0.15, 0.2) is 0 Å². The molecule has 2 atom stereocenters. The van der Waals surface area contributed by atoms with Crippen molar-refractivity contribution in [3.8, 4) is 0 Å². The van der Waals surface area contributed by atoms with Crippen LogP contribution >= 0.6 is 0 Å². The Labute approximate surface area is 107 Å². The van der Waals surface area contributed by atoms with Crippen LogP contribution in [0.1, 0.15) is 26.7 Å². The molecule has 100 valence electrons. The number of nitrogens with zero attached hydrogens (tertiary/aromatic N) is 2. The standard InChI is InChI=1S/C14H29N3/c1-4-16(3)9-13-5-8-17(10-13)12-14(2)6-7-15-11-14/h13,15H,4-12H2,1-3H3. The summed E-state index contributed by atoms with van der Waals surface area (Å²) >= 11 is 0. The topological polar surface area (TPSA) is 18.5 Å². The zero-order valence-corrected chi connectivity index (χ0v) is 11.8. The zero-order valence-electron chi connectivity index (χ0n) is 11.8. The van der Waals surface area contributed by atoms with Crippen LogP contribution in [0.2, 0.25) is 0 Å². The monoisotopic (exact) mass is 239 g/mol. The van der Waals surface area contributed by atoms with Gasteiger partial charge in [-0.3, -0.25) is 0 Å². The van der Waals surface area contributed by atoms with Gasteiger partial charge in [0, 0.05) is 26.2 Å². The highest BCUT2D eigenvalue weighted by Crippen LogP contribution is 2.28. The molecule has 0 aromatic carbocycles. The molecule has 2 rings (SSSR count). The molecule has 0 aliphatic carbocycles. The van der Waals surface area contributed by atoms with Gasteiger partial charge in [0.1, 0.15) is 0 Å². The Balaban J connectivity index is 1.74. The van der Waals surface area contributed by atoms with Crippen LogP contribution in [-0.4, -0.2) is 62.7 Å². The third kappa shape index (κ3) is 3.67. The lowest BCUT2D eigenvalue weighted by molar-refractivity contribution is 0.197. The molecule has 1 N–H and O–H groups in total. The third-order valence-corrected chi connectivity index (χ3v) is 4.54. The average Bonchev–Trinajstić information content (AvgIpc) is 2.89. The van der Waals surface area contributed by atoms with Gasteiger partial charge in [0.25, 0.3) is 0 Å². The lowest BCUT2D eigenvalue weighted by Gasteiger charge is -2.29. The second kappa shape index (κ2) is 5.68. The van der Waals surface area contributed by atoms with Crippen molar-refractivity contribution in [3.05, 3.63) is 0 Å². The first kappa shape index (κ1) is 13.3. The first-order chi connectivity index (χ1) is 8.11. The third-order valence-electron chi connectivity index (χ3n) is 4.54.